The highest BCUT2D eigenvalue weighted by molar-refractivity contribution is 5.98. The Labute approximate surface area is 170 Å². The first-order chi connectivity index (χ1) is 14.2. The third-order valence-corrected chi connectivity index (χ3v) is 5.33. The Kier molecular flexibility index (Phi) is 5.75. The number of anilines is 1. The smallest absolute Gasteiger partial charge is 0.287 e. The van der Waals surface area contributed by atoms with Crippen LogP contribution in [0, 0.1) is 5.92 Å². The molecule has 5 heteroatoms. The second-order valence-corrected chi connectivity index (χ2v) is 7.38. The van der Waals surface area contributed by atoms with Crippen LogP contribution in [0.3, 0.4) is 0 Å². The number of nitrogens with one attached hydrogen (secondary N) is 2. The molecule has 0 saturated heterocycles. The average Bonchev–Trinajstić information content (AvgIpc) is 3.45. The van der Waals surface area contributed by atoms with Gasteiger partial charge in [-0.2, -0.15) is 0 Å². The van der Waals surface area contributed by atoms with E-state index in [4.69, 9.17) is 4.42 Å². The molecule has 1 aromatic heterocycles. The fourth-order valence-electron chi connectivity index (χ4n) is 3.78. The third-order valence-electron chi connectivity index (χ3n) is 5.33. The minimum atomic E-state index is -0.269. The van der Waals surface area contributed by atoms with Crippen molar-refractivity contribution in [3.05, 3.63) is 78.3 Å². The zero-order valence-electron chi connectivity index (χ0n) is 16.2. The number of hydrogen-bond acceptors (Lipinski definition) is 3. The van der Waals surface area contributed by atoms with Crippen LogP contribution in [0.1, 0.15) is 41.8 Å². The molecule has 2 aromatic carbocycles. The Morgan fingerprint density at radius 2 is 1.76 bits per heavy atom. The molecule has 5 nitrogen and oxygen atoms in total. The number of rotatable bonds is 6. The molecule has 29 heavy (non-hydrogen) atoms. The van der Waals surface area contributed by atoms with E-state index in [-0.39, 0.29) is 17.7 Å². The fourth-order valence-corrected chi connectivity index (χ4v) is 3.78. The van der Waals surface area contributed by atoms with Crippen LogP contribution in [0.5, 0.6) is 0 Å². The van der Waals surface area contributed by atoms with Crippen LogP contribution in [0.15, 0.2) is 71.3 Å². The Balaban J connectivity index is 1.39. The lowest BCUT2D eigenvalue weighted by Crippen LogP contribution is -2.23. The van der Waals surface area contributed by atoms with Crippen LogP contribution < -0.4 is 10.6 Å². The van der Waals surface area contributed by atoms with Gasteiger partial charge >= 0.3 is 0 Å². The number of carbonyl (C=O) groups excluding carboxylic acids is 2. The molecule has 1 aliphatic rings. The molecule has 4 rings (SSSR count). The quantitative estimate of drug-likeness (QED) is 0.624. The van der Waals surface area contributed by atoms with Crippen molar-refractivity contribution in [2.75, 3.05) is 5.32 Å². The van der Waals surface area contributed by atoms with Gasteiger partial charge in [-0.05, 0) is 42.2 Å². The van der Waals surface area contributed by atoms with Gasteiger partial charge in [0.1, 0.15) is 0 Å². The average molecular weight is 388 g/mol. The first-order valence-electron chi connectivity index (χ1n) is 10.0. The van der Waals surface area contributed by atoms with Gasteiger partial charge in [0.25, 0.3) is 5.91 Å². The predicted octanol–water partition coefficient (Wildman–Crippen LogP) is 5.01. The lowest BCUT2D eigenvalue weighted by Gasteiger charge is -2.12. The van der Waals surface area contributed by atoms with E-state index in [1.807, 2.05) is 54.6 Å². The van der Waals surface area contributed by atoms with Gasteiger partial charge in [-0.3, -0.25) is 9.59 Å². The van der Waals surface area contributed by atoms with E-state index in [0.717, 1.165) is 48.1 Å². The molecule has 0 aliphatic heterocycles. The minimum absolute atomic E-state index is 0.0896. The Hall–Kier alpha value is -3.34. The van der Waals surface area contributed by atoms with Crippen molar-refractivity contribution in [2.45, 2.75) is 32.2 Å². The van der Waals surface area contributed by atoms with Gasteiger partial charge in [-0.25, -0.2) is 0 Å². The second-order valence-electron chi connectivity index (χ2n) is 7.38. The van der Waals surface area contributed by atoms with Crippen molar-refractivity contribution in [3.8, 4) is 11.1 Å². The summed E-state index contributed by atoms with van der Waals surface area (Å²) in [7, 11) is 0. The summed E-state index contributed by atoms with van der Waals surface area (Å²) in [6.45, 7) is 0.348. The zero-order chi connectivity index (χ0) is 20.1. The SMILES string of the molecule is O=C(NCc1cccc(NC(=O)C2CCCC2)c1)c1occc1-c1ccccc1. The van der Waals surface area contributed by atoms with Gasteiger partial charge < -0.3 is 15.1 Å². The van der Waals surface area contributed by atoms with Gasteiger partial charge in [0.15, 0.2) is 5.76 Å². The van der Waals surface area contributed by atoms with Crippen LogP contribution in [-0.4, -0.2) is 11.8 Å². The monoisotopic (exact) mass is 388 g/mol. The van der Waals surface area contributed by atoms with Crippen molar-refractivity contribution in [3.63, 3.8) is 0 Å². The molecule has 1 aliphatic carbocycles. The Morgan fingerprint density at radius 3 is 2.55 bits per heavy atom. The van der Waals surface area contributed by atoms with Crippen LogP contribution in [0.4, 0.5) is 5.69 Å². The molecule has 2 N–H and O–H groups in total. The maximum atomic E-state index is 12.6. The van der Waals surface area contributed by atoms with E-state index in [0.29, 0.717) is 12.3 Å². The lowest BCUT2D eigenvalue weighted by molar-refractivity contribution is -0.119. The largest absolute Gasteiger partial charge is 0.459 e. The molecule has 0 radical (unpaired) electrons. The summed E-state index contributed by atoms with van der Waals surface area (Å²) in [6.07, 6.45) is 5.71. The lowest BCUT2D eigenvalue weighted by atomic mass is 10.1. The van der Waals surface area contributed by atoms with E-state index >= 15 is 0 Å². The second kappa shape index (κ2) is 8.78. The number of carbonyl (C=O) groups is 2. The normalized spacial score (nSPS) is 13.9. The molecule has 148 valence electrons. The van der Waals surface area contributed by atoms with Gasteiger partial charge in [0.2, 0.25) is 5.91 Å². The van der Waals surface area contributed by atoms with E-state index in [1.54, 1.807) is 6.07 Å². The fraction of sp³-hybridized carbons (Fsp3) is 0.250. The molecule has 1 saturated carbocycles. The number of amides is 2. The van der Waals surface area contributed by atoms with E-state index in [1.165, 1.54) is 6.26 Å². The highest BCUT2D eigenvalue weighted by Crippen LogP contribution is 2.26. The van der Waals surface area contributed by atoms with Crippen LogP contribution in [-0.2, 0) is 11.3 Å². The predicted molar refractivity (Wildman–Crippen MR) is 112 cm³/mol. The van der Waals surface area contributed by atoms with Crippen molar-refractivity contribution >= 4 is 17.5 Å². The maximum absolute atomic E-state index is 12.6. The summed E-state index contributed by atoms with van der Waals surface area (Å²) in [4.78, 5) is 25.0. The molecule has 2 amide bonds. The number of furan rings is 1. The summed E-state index contributed by atoms with van der Waals surface area (Å²) in [5, 5.41) is 5.90. The van der Waals surface area contributed by atoms with Crippen molar-refractivity contribution in [2.24, 2.45) is 5.92 Å². The van der Waals surface area contributed by atoms with Crippen molar-refractivity contribution in [1.82, 2.24) is 5.32 Å². The molecular weight excluding hydrogens is 364 g/mol. The van der Waals surface area contributed by atoms with Gasteiger partial charge in [0, 0.05) is 23.7 Å². The topological polar surface area (TPSA) is 71.3 Å². The van der Waals surface area contributed by atoms with Crippen LogP contribution in [0.2, 0.25) is 0 Å². The van der Waals surface area contributed by atoms with Crippen LogP contribution in [0.25, 0.3) is 11.1 Å². The van der Waals surface area contributed by atoms with Crippen molar-refractivity contribution < 1.29 is 14.0 Å². The Morgan fingerprint density at radius 1 is 0.966 bits per heavy atom. The first-order valence-corrected chi connectivity index (χ1v) is 10.0. The summed E-state index contributed by atoms with van der Waals surface area (Å²) in [5.41, 5.74) is 3.37. The zero-order valence-corrected chi connectivity index (χ0v) is 16.2. The number of benzene rings is 2. The van der Waals surface area contributed by atoms with Gasteiger partial charge in [-0.1, -0.05) is 55.3 Å². The molecular formula is C24H24N2O3. The summed E-state index contributed by atoms with van der Waals surface area (Å²) in [5.74, 6) is 0.233. The molecule has 1 heterocycles. The maximum Gasteiger partial charge on any atom is 0.287 e. The molecule has 0 unspecified atom stereocenters. The van der Waals surface area contributed by atoms with E-state index in [2.05, 4.69) is 10.6 Å². The van der Waals surface area contributed by atoms with Gasteiger partial charge in [0.05, 0.1) is 6.26 Å². The highest BCUT2D eigenvalue weighted by atomic mass is 16.3. The molecule has 3 aromatic rings. The minimum Gasteiger partial charge on any atom is -0.459 e. The molecule has 0 atom stereocenters. The summed E-state index contributed by atoms with van der Waals surface area (Å²) in [6, 6.07) is 19.0. The highest BCUT2D eigenvalue weighted by Gasteiger charge is 2.22. The van der Waals surface area contributed by atoms with Crippen LogP contribution >= 0.6 is 0 Å². The van der Waals surface area contributed by atoms with Crippen molar-refractivity contribution in [1.29, 1.82) is 0 Å². The third kappa shape index (κ3) is 4.57. The summed E-state index contributed by atoms with van der Waals surface area (Å²) >= 11 is 0. The van der Waals surface area contributed by atoms with Gasteiger partial charge in [-0.15, -0.1) is 0 Å². The van der Waals surface area contributed by atoms with E-state index in [9.17, 15) is 9.59 Å². The Bertz CT molecular complexity index is 988. The molecule has 1 fully saturated rings. The molecule has 0 spiro atoms. The summed E-state index contributed by atoms with van der Waals surface area (Å²) < 4.78 is 5.43. The first kappa shape index (κ1) is 19.0. The standard InChI is InChI=1S/C24H24N2O3/c27-23(19-10-4-5-11-19)26-20-12-6-7-17(15-20)16-25-24(28)22-21(13-14-29-22)18-8-2-1-3-9-18/h1-3,6-9,12-15,19H,4-5,10-11,16H2,(H,25,28)(H,26,27). The van der Waals surface area contributed by atoms with E-state index < -0.39 is 0 Å². The number of hydrogen-bond donors (Lipinski definition) is 2. The molecule has 0 bridgehead atoms.